The number of aromatic nitrogens is 4. The van der Waals surface area contributed by atoms with Gasteiger partial charge in [0.05, 0.1) is 22.3 Å². The Morgan fingerprint density at radius 2 is 2.11 bits per heavy atom. The Bertz CT molecular complexity index is 1020. The summed E-state index contributed by atoms with van der Waals surface area (Å²) in [6.45, 7) is 7.39. The van der Waals surface area contributed by atoms with Gasteiger partial charge in [-0.3, -0.25) is 9.48 Å². The fourth-order valence-corrected chi connectivity index (χ4v) is 4.00. The fourth-order valence-electron chi connectivity index (χ4n) is 4.00. The average molecular weight is 367 g/mol. The topological polar surface area (TPSA) is 77.0 Å². The number of carbonyl (C=O) groups excluding carboxylic acids is 1. The van der Waals surface area contributed by atoms with Crippen molar-refractivity contribution in [2.75, 3.05) is 13.6 Å². The summed E-state index contributed by atoms with van der Waals surface area (Å²) in [6.07, 6.45) is 3.67. The lowest BCUT2D eigenvalue weighted by Gasteiger charge is -2.19. The molecule has 0 saturated carbocycles. The maximum atomic E-state index is 13.3. The van der Waals surface area contributed by atoms with Crippen LogP contribution < -0.4 is 0 Å². The highest BCUT2D eigenvalue weighted by molar-refractivity contribution is 6.07. The largest absolute Gasteiger partial charge is 0.342 e. The van der Waals surface area contributed by atoms with E-state index in [4.69, 9.17) is 4.52 Å². The highest BCUT2D eigenvalue weighted by Crippen LogP contribution is 2.32. The van der Waals surface area contributed by atoms with E-state index < -0.39 is 0 Å². The van der Waals surface area contributed by atoms with Crippen LogP contribution >= 0.6 is 0 Å². The van der Waals surface area contributed by atoms with Crippen LogP contribution in [-0.2, 0) is 19.4 Å². The van der Waals surface area contributed by atoms with Gasteiger partial charge in [-0.05, 0) is 58.1 Å². The van der Waals surface area contributed by atoms with Gasteiger partial charge in [-0.2, -0.15) is 5.10 Å². The van der Waals surface area contributed by atoms with E-state index in [1.54, 1.807) is 4.90 Å². The summed E-state index contributed by atoms with van der Waals surface area (Å²) in [5, 5.41) is 9.29. The third-order valence-corrected chi connectivity index (χ3v) is 5.35. The van der Waals surface area contributed by atoms with E-state index in [9.17, 15) is 4.79 Å². The van der Waals surface area contributed by atoms with E-state index in [1.807, 2.05) is 25.6 Å². The van der Waals surface area contributed by atoms with Crippen molar-refractivity contribution in [3.8, 4) is 0 Å². The quantitative estimate of drug-likeness (QED) is 0.693. The van der Waals surface area contributed by atoms with Crippen molar-refractivity contribution in [3.05, 3.63) is 40.0 Å². The van der Waals surface area contributed by atoms with Crippen LogP contribution in [0.5, 0.6) is 0 Å². The third kappa shape index (κ3) is 3.11. The van der Waals surface area contributed by atoms with Crippen molar-refractivity contribution in [2.45, 2.75) is 53.0 Å². The molecule has 7 heteroatoms. The first-order valence-electron chi connectivity index (χ1n) is 9.50. The fraction of sp³-hybridized carbons (Fsp3) is 0.500. The van der Waals surface area contributed by atoms with Crippen LogP contribution in [0.2, 0.25) is 0 Å². The first-order valence-corrected chi connectivity index (χ1v) is 9.50. The van der Waals surface area contributed by atoms with E-state index >= 15 is 0 Å². The first-order chi connectivity index (χ1) is 13.0. The molecule has 3 aromatic rings. The van der Waals surface area contributed by atoms with Crippen molar-refractivity contribution in [1.29, 1.82) is 0 Å². The van der Waals surface area contributed by atoms with E-state index in [2.05, 4.69) is 28.2 Å². The van der Waals surface area contributed by atoms with Crippen LogP contribution in [-0.4, -0.2) is 44.3 Å². The molecule has 0 atom stereocenters. The average Bonchev–Trinajstić information content (AvgIpc) is 3.32. The van der Waals surface area contributed by atoms with Gasteiger partial charge >= 0.3 is 0 Å². The van der Waals surface area contributed by atoms with Crippen LogP contribution in [0.3, 0.4) is 0 Å². The molecule has 3 aromatic heterocycles. The molecule has 3 heterocycles. The first kappa shape index (κ1) is 17.7. The molecule has 0 radical (unpaired) electrons. The molecular formula is C20H25N5O2. The van der Waals surface area contributed by atoms with Crippen molar-refractivity contribution in [3.63, 3.8) is 0 Å². The Kier molecular flexibility index (Phi) is 4.45. The molecule has 0 saturated heterocycles. The molecule has 1 aliphatic rings. The smallest absolute Gasteiger partial charge is 0.259 e. The van der Waals surface area contributed by atoms with E-state index in [1.165, 1.54) is 0 Å². The SMILES string of the molecule is Cc1cc(C)n(CCCN(C)C(=O)c2c3c(nc4onc(C)c24)CCC3)n1. The van der Waals surface area contributed by atoms with Gasteiger partial charge in [0.1, 0.15) is 0 Å². The molecule has 0 N–H and O–H groups in total. The highest BCUT2D eigenvalue weighted by atomic mass is 16.5. The van der Waals surface area contributed by atoms with Gasteiger partial charge in [-0.25, -0.2) is 4.98 Å². The van der Waals surface area contributed by atoms with Crippen LogP contribution in [0.1, 0.15) is 51.5 Å². The van der Waals surface area contributed by atoms with Crippen molar-refractivity contribution in [2.24, 2.45) is 0 Å². The highest BCUT2D eigenvalue weighted by Gasteiger charge is 2.28. The lowest BCUT2D eigenvalue weighted by molar-refractivity contribution is 0.0792. The number of hydrogen-bond donors (Lipinski definition) is 0. The number of rotatable bonds is 5. The van der Waals surface area contributed by atoms with Crippen LogP contribution in [0.15, 0.2) is 10.6 Å². The van der Waals surface area contributed by atoms with Crippen LogP contribution in [0.4, 0.5) is 0 Å². The molecule has 1 aliphatic carbocycles. The van der Waals surface area contributed by atoms with Gasteiger partial charge in [-0.1, -0.05) is 5.16 Å². The zero-order valence-corrected chi connectivity index (χ0v) is 16.4. The minimum absolute atomic E-state index is 0.0280. The summed E-state index contributed by atoms with van der Waals surface area (Å²) in [5.41, 5.74) is 6.17. The van der Waals surface area contributed by atoms with Crippen molar-refractivity contribution in [1.82, 2.24) is 24.8 Å². The Morgan fingerprint density at radius 3 is 2.85 bits per heavy atom. The molecule has 0 aromatic carbocycles. The summed E-state index contributed by atoms with van der Waals surface area (Å²) in [6, 6.07) is 2.07. The van der Waals surface area contributed by atoms with Crippen LogP contribution in [0.25, 0.3) is 11.1 Å². The van der Waals surface area contributed by atoms with Gasteiger partial charge in [-0.15, -0.1) is 0 Å². The number of aryl methyl sites for hydroxylation is 5. The number of amides is 1. The predicted octanol–water partition coefficient (Wildman–Crippen LogP) is 3.00. The normalized spacial score (nSPS) is 13.3. The predicted molar refractivity (Wildman–Crippen MR) is 102 cm³/mol. The lowest BCUT2D eigenvalue weighted by Crippen LogP contribution is -2.29. The zero-order chi connectivity index (χ0) is 19.1. The third-order valence-electron chi connectivity index (χ3n) is 5.35. The number of hydrogen-bond acceptors (Lipinski definition) is 5. The second kappa shape index (κ2) is 6.79. The number of nitrogens with zero attached hydrogens (tertiary/aromatic N) is 5. The van der Waals surface area contributed by atoms with E-state index in [0.29, 0.717) is 12.3 Å². The Balaban J connectivity index is 1.55. The lowest BCUT2D eigenvalue weighted by atomic mass is 10.0. The summed E-state index contributed by atoms with van der Waals surface area (Å²) < 4.78 is 7.36. The number of pyridine rings is 1. The van der Waals surface area contributed by atoms with Gasteiger partial charge < -0.3 is 9.42 Å². The maximum Gasteiger partial charge on any atom is 0.259 e. The second-order valence-electron chi connectivity index (χ2n) is 7.44. The van der Waals surface area contributed by atoms with E-state index in [0.717, 1.165) is 71.5 Å². The summed E-state index contributed by atoms with van der Waals surface area (Å²) >= 11 is 0. The van der Waals surface area contributed by atoms with Crippen molar-refractivity contribution >= 4 is 17.0 Å². The Labute approximate surface area is 158 Å². The van der Waals surface area contributed by atoms with Gasteiger partial charge in [0.15, 0.2) is 0 Å². The number of fused-ring (bicyclic) bond motifs is 2. The molecule has 0 fully saturated rings. The molecule has 0 unspecified atom stereocenters. The summed E-state index contributed by atoms with van der Waals surface area (Å²) in [5.74, 6) is 0.0280. The Hall–Kier alpha value is -2.70. The molecule has 142 valence electrons. The molecule has 0 spiro atoms. The second-order valence-corrected chi connectivity index (χ2v) is 7.44. The molecule has 27 heavy (non-hydrogen) atoms. The number of carbonyl (C=O) groups is 1. The van der Waals surface area contributed by atoms with Crippen LogP contribution in [0, 0.1) is 20.8 Å². The van der Waals surface area contributed by atoms with Gasteiger partial charge in [0.25, 0.3) is 11.6 Å². The van der Waals surface area contributed by atoms with E-state index in [-0.39, 0.29) is 5.91 Å². The molecule has 7 nitrogen and oxygen atoms in total. The molecular weight excluding hydrogens is 342 g/mol. The minimum atomic E-state index is 0.0280. The molecule has 4 rings (SSSR count). The molecule has 0 aliphatic heterocycles. The molecule has 1 amide bonds. The zero-order valence-electron chi connectivity index (χ0n) is 16.4. The van der Waals surface area contributed by atoms with Gasteiger partial charge in [0, 0.05) is 31.5 Å². The molecule has 0 bridgehead atoms. The summed E-state index contributed by atoms with van der Waals surface area (Å²) in [7, 11) is 1.86. The standard InChI is InChI=1S/C20H25N5O2/c1-12-11-13(2)25(22-12)10-6-9-24(4)20(26)18-15-7-5-8-16(15)21-19-17(18)14(3)23-27-19/h11H,5-10H2,1-4H3. The maximum absolute atomic E-state index is 13.3. The van der Waals surface area contributed by atoms with Gasteiger partial charge in [0.2, 0.25) is 0 Å². The Morgan fingerprint density at radius 1 is 1.30 bits per heavy atom. The van der Waals surface area contributed by atoms with Crippen molar-refractivity contribution < 1.29 is 9.32 Å². The minimum Gasteiger partial charge on any atom is -0.342 e. The monoisotopic (exact) mass is 367 g/mol. The summed E-state index contributed by atoms with van der Waals surface area (Å²) in [4.78, 5) is 19.7.